The molecule has 3 rings (SSSR count). The molecule has 3 fully saturated rings. The molecule has 2 unspecified atom stereocenters. The van der Waals surface area contributed by atoms with E-state index >= 15 is 0 Å². The van der Waals surface area contributed by atoms with Gasteiger partial charge in [0.2, 0.25) is 0 Å². The molecule has 2 heterocycles. The molecule has 0 N–H and O–H groups in total. The summed E-state index contributed by atoms with van der Waals surface area (Å²) in [7, 11) is 0. The van der Waals surface area contributed by atoms with E-state index in [1.165, 1.54) is 71.1 Å². The van der Waals surface area contributed by atoms with Crippen molar-refractivity contribution in [3.05, 3.63) is 0 Å². The zero-order valence-corrected chi connectivity index (χ0v) is 11.4. The SMILES string of the molecule is CC1CN2CCCCC2CN1CC1CCCC1. The van der Waals surface area contributed by atoms with Crippen molar-refractivity contribution >= 4 is 0 Å². The molecule has 1 aliphatic carbocycles. The van der Waals surface area contributed by atoms with Gasteiger partial charge >= 0.3 is 0 Å². The highest BCUT2D eigenvalue weighted by atomic mass is 15.3. The molecule has 17 heavy (non-hydrogen) atoms. The lowest BCUT2D eigenvalue weighted by atomic mass is 9.96. The molecule has 3 aliphatic rings. The lowest BCUT2D eigenvalue weighted by Gasteiger charge is -2.48. The Balaban J connectivity index is 1.57. The van der Waals surface area contributed by atoms with Crippen LogP contribution in [0.15, 0.2) is 0 Å². The fourth-order valence-corrected chi connectivity index (χ4v) is 4.19. The second-order valence-electron chi connectivity index (χ2n) is 6.60. The summed E-state index contributed by atoms with van der Waals surface area (Å²) in [6.45, 7) is 7.90. The quantitative estimate of drug-likeness (QED) is 0.727. The molecule has 0 amide bonds. The number of hydrogen-bond acceptors (Lipinski definition) is 2. The Morgan fingerprint density at radius 3 is 2.53 bits per heavy atom. The van der Waals surface area contributed by atoms with Gasteiger partial charge in [0.25, 0.3) is 0 Å². The van der Waals surface area contributed by atoms with Crippen LogP contribution in [0.5, 0.6) is 0 Å². The van der Waals surface area contributed by atoms with Gasteiger partial charge in [-0.25, -0.2) is 0 Å². The summed E-state index contributed by atoms with van der Waals surface area (Å²) in [5.41, 5.74) is 0. The third-order valence-electron chi connectivity index (χ3n) is 5.28. The van der Waals surface area contributed by atoms with Crippen molar-refractivity contribution in [2.45, 2.75) is 64.0 Å². The molecule has 0 aromatic carbocycles. The van der Waals surface area contributed by atoms with E-state index in [0.717, 1.165) is 18.0 Å². The first-order valence-electron chi connectivity index (χ1n) is 7.81. The highest BCUT2D eigenvalue weighted by molar-refractivity contribution is 4.90. The Kier molecular flexibility index (Phi) is 3.72. The number of piperidine rings is 1. The summed E-state index contributed by atoms with van der Waals surface area (Å²) in [5, 5.41) is 0. The number of fused-ring (bicyclic) bond motifs is 1. The number of nitrogens with zero attached hydrogens (tertiary/aromatic N) is 2. The van der Waals surface area contributed by atoms with Crippen LogP contribution in [0.25, 0.3) is 0 Å². The maximum absolute atomic E-state index is 2.81. The van der Waals surface area contributed by atoms with Gasteiger partial charge in [0.15, 0.2) is 0 Å². The monoisotopic (exact) mass is 236 g/mol. The summed E-state index contributed by atoms with van der Waals surface area (Å²) in [6.07, 6.45) is 10.3. The van der Waals surface area contributed by atoms with Crippen LogP contribution in [-0.2, 0) is 0 Å². The van der Waals surface area contributed by atoms with Crippen molar-refractivity contribution in [1.82, 2.24) is 9.80 Å². The van der Waals surface area contributed by atoms with Crippen molar-refractivity contribution in [1.29, 1.82) is 0 Å². The molecule has 2 aliphatic heterocycles. The maximum atomic E-state index is 2.81. The van der Waals surface area contributed by atoms with Gasteiger partial charge in [-0.05, 0) is 45.1 Å². The first-order chi connectivity index (χ1) is 8.33. The van der Waals surface area contributed by atoms with Crippen LogP contribution in [0, 0.1) is 5.92 Å². The second-order valence-corrected chi connectivity index (χ2v) is 6.60. The van der Waals surface area contributed by atoms with Gasteiger partial charge in [-0.2, -0.15) is 0 Å². The Hall–Kier alpha value is -0.0800. The molecule has 0 spiro atoms. The van der Waals surface area contributed by atoms with Crippen molar-refractivity contribution in [3.8, 4) is 0 Å². The predicted octanol–water partition coefficient (Wildman–Crippen LogP) is 2.74. The molecule has 98 valence electrons. The molecule has 0 bridgehead atoms. The van der Waals surface area contributed by atoms with Gasteiger partial charge in [-0.3, -0.25) is 9.80 Å². The Bertz CT molecular complexity index is 247. The largest absolute Gasteiger partial charge is 0.298 e. The zero-order valence-electron chi connectivity index (χ0n) is 11.4. The van der Waals surface area contributed by atoms with E-state index in [2.05, 4.69) is 16.7 Å². The van der Waals surface area contributed by atoms with Crippen LogP contribution in [0.4, 0.5) is 0 Å². The molecule has 0 aromatic rings. The van der Waals surface area contributed by atoms with Crippen molar-refractivity contribution in [3.63, 3.8) is 0 Å². The average Bonchev–Trinajstić information content (AvgIpc) is 2.83. The number of rotatable bonds is 2. The van der Waals surface area contributed by atoms with Crippen molar-refractivity contribution in [2.24, 2.45) is 5.92 Å². The first kappa shape index (κ1) is 12.0. The minimum absolute atomic E-state index is 0.796. The lowest BCUT2D eigenvalue weighted by molar-refractivity contribution is 0.00813. The first-order valence-corrected chi connectivity index (χ1v) is 7.81. The molecule has 0 radical (unpaired) electrons. The van der Waals surface area contributed by atoms with Crippen molar-refractivity contribution < 1.29 is 0 Å². The van der Waals surface area contributed by atoms with Crippen molar-refractivity contribution in [2.75, 3.05) is 26.2 Å². The van der Waals surface area contributed by atoms with Crippen LogP contribution in [0.1, 0.15) is 51.9 Å². The standard InChI is InChI=1S/C15H28N2/c1-13-10-16-9-5-4-8-15(16)12-17(13)11-14-6-2-3-7-14/h13-15H,2-12H2,1H3. The van der Waals surface area contributed by atoms with Crippen LogP contribution in [0.3, 0.4) is 0 Å². The summed E-state index contributed by atoms with van der Waals surface area (Å²) in [4.78, 5) is 5.57. The predicted molar refractivity (Wildman–Crippen MR) is 72.2 cm³/mol. The second kappa shape index (κ2) is 5.27. The molecular formula is C15H28N2. The van der Waals surface area contributed by atoms with E-state index in [1.54, 1.807) is 0 Å². The molecule has 1 saturated carbocycles. The molecule has 2 heteroatoms. The van der Waals surface area contributed by atoms with E-state index in [-0.39, 0.29) is 0 Å². The smallest absolute Gasteiger partial charge is 0.0223 e. The number of piperazine rings is 1. The molecular weight excluding hydrogens is 208 g/mol. The number of hydrogen-bond donors (Lipinski definition) is 0. The zero-order chi connectivity index (χ0) is 11.7. The summed E-state index contributed by atoms with van der Waals surface area (Å²) < 4.78 is 0. The summed E-state index contributed by atoms with van der Waals surface area (Å²) >= 11 is 0. The van der Waals surface area contributed by atoms with Gasteiger partial charge in [-0.15, -0.1) is 0 Å². The van der Waals surface area contributed by atoms with Gasteiger partial charge < -0.3 is 0 Å². The normalized spacial score (nSPS) is 37.2. The average molecular weight is 236 g/mol. The minimum Gasteiger partial charge on any atom is -0.298 e. The highest BCUT2D eigenvalue weighted by Gasteiger charge is 2.33. The van der Waals surface area contributed by atoms with Gasteiger partial charge in [-0.1, -0.05) is 19.3 Å². The third kappa shape index (κ3) is 2.68. The summed E-state index contributed by atoms with van der Waals surface area (Å²) in [5.74, 6) is 1.02. The fraction of sp³-hybridized carbons (Fsp3) is 1.00. The molecule has 2 nitrogen and oxygen atoms in total. The van der Waals surface area contributed by atoms with E-state index in [4.69, 9.17) is 0 Å². The topological polar surface area (TPSA) is 6.48 Å². The minimum atomic E-state index is 0.796. The molecule has 2 saturated heterocycles. The van der Waals surface area contributed by atoms with E-state index in [0.29, 0.717) is 0 Å². The van der Waals surface area contributed by atoms with Crippen LogP contribution < -0.4 is 0 Å². The maximum Gasteiger partial charge on any atom is 0.0223 e. The van der Waals surface area contributed by atoms with Gasteiger partial charge in [0.05, 0.1) is 0 Å². The van der Waals surface area contributed by atoms with E-state index in [1.807, 2.05) is 0 Å². The van der Waals surface area contributed by atoms with Crippen LogP contribution in [0.2, 0.25) is 0 Å². The highest BCUT2D eigenvalue weighted by Crippen LogP contribution is 2.29. The van der Waals surface area contributed by atoms with Crippen LogP contribution >= 0.6 is 0 Å². The Morgan fingerprint density at radius 2 is 1.71 bits per heavy atom. The van der Waals surface area contributed by atoms with Gasteiger partial charge in [0.1, 0.15) is 0 Å². The van der Waals surface area contributed by atoms with E-state index in [9.17, 15) is 0 Å². The fourth-order valence-electron chi connectivity index (χ4n) is 4.19. The molecule has 0 aromatic heterocycles. The Labute approximate surface area is 106 Å². The van der Waals surface area contributed by atoms with E-state index < -0.39 is 0 Å². The molecule has 2 atom stereocenters. The lowest BCUT2D eigenvalue weighted by Crippen LogP contribution is -2.59. The summed E-state index contributed by atoms with van der Waals surface area (Å²) in [6, 6.07) is 1.69. The van der Waals surface area contributed by atoms with Gasteiger partial charge in [0, 0.05) is 31.7 Å². The van der Waals surface area contributed by atoms with Crippen LogP contribution in [-0.4, -0.2) is 48.1 Å². The third-order valence-corrected chi connectivity index (χ3v) is 5.28. The Morgan fingerprint density at radius 1 is 0.941 bits per heavy atom.